The van der Waals surface area contributed by atoms with Crippen LogP contribution in [-0.2, 0) is 9.53 Å². The molecule has 1 fully saturated rings. The Morgan fingerprint density at radius 1 is 1.43 bits per heavy atom. The maximum absolute atomic E-state index is 12.1. The van der Waals surface area contributed by atoms with Crippen molar-refractivity contribution in [2.75, 3.05) is 47.4 Å². The Labute approximate surface area is 130 Å². The Kier molecular flexibility index (Phi) is 7.10. The number of likely N-dealkylation sites (tertiary alicyclic amines) is 1. The molecule has 0 aromatic heterocycles. The summed E-state index contributed by atoms with van der Waals surface area (Å²) in [6.45, 7) is 10.1. The van der Waals surface area contributed by atoms with Crippen molar-refractivity contribution in [3.63, 3.8) is 0 Å². The number of piperidine rings is 1. The average molecular weight is 299 g/mol. The quantitative estimate of drug-likeness (QED) is 0.716. The highest BCUT2D eigenvalue weighted by Crippen LogP contribution is 2.18. The highest BCUT2D eigenvalue weighted by atomic mass is 16.5. The van der Waals surface area contributed by atoms with Gasteiger partial charge in [0.1, 0.15) is 5.54 Å². The van der Waals surface area contributed by atoms with Gasteiger partial charge in [-0.05, 0) is 66.7 Å². The topological polar surface area (TPSA) is 44.8 Å². The number of carbonyl (C=O) groups excluding carboxylic acids is 1. The molecule has 5 heteroatoms. The Balaban J connectivity index is 2.55. The number of likely N-dealkylation sites (N-methyl/N-ethyl adjacent to an activating group) is 1. The van der Waals surface area contributed by atoms with Crippen LogP contribution >= 0.6 is 0 Å². The second kappa shape index (κ2) is 8.11. The van der Waals surface area contributed by atoms with E-state index in [0.717, 1.165) is 12.5 Å². The zero-order chi connectivity index (χ0) is 16.0. The molecule has 1 aliphatic rings. The van der Waals surface area contributed by atoms with Gasteiger partial charge in [-0.25, -0.2) is 0 Å². The fourth-order valence-corrected chi connectivity index (χ4v) is 3.32. The van der Waals surface area contributed by atoms with Gasteiger partial charge in [-0.2, -0.15) is 0 Å². The minimum absolute atomic E-state index is 0.188. The van der Waals surface area contributed by atoms with Crippen LogP contribution in [0.15, 0.2) is 0 Å². The van der Waals surface area contributed by atoms with Crippen molar-refractivity contribution in [3.8, 4) is 0 Å². The van der Waals surface area contributed by atoms with Crippen molar-refractivity contribution >= 4 is 5.97 Å². The van der Waals surface area contributed by atoms with Crippen LogP contribution in [0.25, 0.3) is 0 Å². The molecule has 1 aliphatic heterocycles. The summed E-state index contributed by atoms with van der Waals surface area (Å²) in [5, 5.41) is 3.36. The van der Waals surface area contributed by atoms with Gasteiger partial charge in [0.15, 0.2) is 0 Å². The largest absolute Gasteiger partial charge is 0.468 e. The smallest absolute Gasteiger partial charge is 0.327 e. The summed E-state index contributed by atoms with van der Waals surface area (Å²) in [5.74, 6) is 0.540. The maximum Gasteiger partial charge on any atom is 0.327 e. The third-order valence-electron chi connectivity index (χ3n) is 4.24. The fourth-order valence-electron chi connectivity index (χ4n) is 3.32. The molecule has 0 aromatic carbocycles. The minimum Gasteiger partial charge on any atom is -0.468 e. The van der Waals surface area contributed by atoms with Crippen LogP contribution in [-0.4, -0.2) is 74.7 Å². The Bertz CT molecular complexity index is 327. The summed E-state index contributed by atoms with van der Waals surface area (Å²) in [4.78, 5) is 16.8. The third kappa shape index (κ3) is 5.93. The highest BCUT2D eigenvalue weighted by molar-refractivity contribution is 5.80. The molecule has 0 amide bonds. The average Bonchev–Trinajstić information content (AvgIpc) is 2.39. The Morgan fingerprint density at radius 3 is 2.48 bits per heavy atom. The molecule has 0 spiro atoms. The number of carbonyl (C=O) groups is 1. The van der Waals surface area contributed by atoms with E-state index in [9.17, 15) is 4.79 Å². The maximum atomic E-state index is 12.1. The number of nitrogens with zero attached hydrogens (tertiary/aromatic N) is 2. The molecule has 0 bridgehead atoms. The van der Waals surface area contributed by atoms with Crippen molar-refractivity contribution in [3.05, 3.63) is 0 Å². The monoisotopic (exact) mass is 299 g/mol. The van der Waals surface area contributed by atoms with E-state index in [1.807, 2.05) is 6.92 Å². The molecule has 1 rings (SSSR count). The van der Waals surface area contributed by atoms with Crippen LogP contribution in [0, 0.1) is 5.92 Å². The normalized spacial score (nSPS) is 20.8. The number of hydrogen-bond acceptors (Lipinski definition) is 5. The minimum atomic E-state index is -0.650. The summed E-state index contributed by atoms with van der Waals surface area (Å²) in [5.41, 5.74) is -0.650. The van der Waals surface area contributed by atoms with Crippen molar-refractivity contribution in [1.29, 1.82) is 0 Å². The third-order valence-corrected chi connectivity index (χ3v) is 4.24. The number of rotatable bonds is 7. The van der Waals surface area contributed by atoms with Gasteiger partial charge in [-0.15, -0.1) is 0 Å². The van der Waals surface area contributed by atoms with Crippen LogP contribution in [0.1, 0.15) is 33.6 Å². The van der Waals surface area contributed by atoms with Crippen LogP contribution in [0.3, 0.4) is 0 Å². The summed E-state index contributed by atoms with van der Waals surface area (Å²) in [6.07, 6.45) is 2.49. The molecular weight excluding hydrogens is 266 g/mol. The van der Waals surface area contributed by atoms with Crippen molar-refractivity contribution in [2.45, 2.75) is 45.2 Å². The van der Waals surface area contributed by atoms with Crippen LogP contribution < -0.4 is 5.32 Å². The molecule has 1 heterocycles. The van der Waals surface area contributed by atoms with E-state index in [1.165, 1.54) is 33.0 Å². The zero-order valence-electron chi connectivity index (χ0n) is 14.6. The molecule has 21 heavy (non-hydrogen) atoms. The molecule has 5 nitrogen and oxygen atoms in total. The Hall–Kier alpha value is -0.650. The number of ether oxygens (including phenoxy) is 1. The molecule has 0 aromatic rings. The van der Waals surface area contributed by atoms with E-state index in [-0.39, 0.29) is 12.0 Å². The first-order valence-electron chi connectivity index (χ1n) is 8.00. The molecule has 1 unspecified atom stereocenters. The van der Waals surface area contributed by atoms with E-state index in [2.05, 4.69) is 43.1 Å². The van der Waals surface area contributed by atoms with Crippen molar-refractivity contribution in [1.82, 2.24) is 15.1 Å². The Morgan fingerprint density at radius 2 is 2.00 bits per heavy atom. The molecule has 0 saturated carbocycles. The standard InChI is InChI=1S/C16H33N3O2/c1-13(2)17-16(3,15(20)21-6)12-19(5)11-14-7-9-18(4)10-8-14/h13-14,17H,7-12H2,1-6H3. The predicted octanol–water partition coefficient (Wildman–Crippen LogP) is 1.19. The van der Waals surface area contributed by atoms with Crippen molar-refractivity contribution < 1.29 is 9.53 Å². The summed E-state index contributed by atoms with van der Waals surface area (Å²) in [6, 6.07) is 0.242. The van der Waals surface area contributed by atoms with Gasteiger partial charge in [-0.3, -0.25) is 10.1 Å². The molecule has 1 N–H and O–H groups in total. The lowest BCUT2D eigenvalue weighted by Crippen LogP contribution is -2.59. The van der Waals surface area contributed by atoms with Crippen LogP contribution in [0.4, 0.5) is 0 Å². The van der Waals surface area contributed by atoms with E-state index in [0.29, 0.717) is 6.54 Å². The SMILES string of the molecule is COC(=O)C(C)(CN(C)CC1CCN(C)CC1)NC(C)C. The number of hydrogen-bond donors (Lipinski definition) is 1. The first-order chi connectivity index (χ1) is 9.76. The fraction of sp³-hybridized carbons (Fsp3) is 0.938. The van der Waals surface area contributed by atoms with E-state index in [4.69, 9.17) is 4.74 Å². The van der Waals surface area contributed by atoms with Crippen molar-refractivity contribution in [2.24, 2.45) is 5.92 Å². The van der Waals surface area contributed by atoms with Gasteiger partial charge in [0.05, 0.1) is 7.11 Å². The lowest BCUT2D eigenvalue weighted by Gasteiger charge is -2.36. The predicted molar refractivity (Wildman–Crippen MR) is 86.4 cm³/mol. The van der Waals surface area contributed by atoms with Gasteiger partial charge < -0.3 is 14.5 Å². The second-order valence-electron chi connectivity index (χ2n) is 7.07. The first kappa shape index (κ1) is 18.4. The number of nitrogens with one attached hydrogen (secondary N) is 1. The summed E-state index contributed by atoms with van der Waals surface area (Å²) < 4.78 is 4.99. The molecule has 0 radical (unpaired) electrons. The first-order valence-corrected chi connectivity index (χ1v) is 8.00. The lowest BCUT2D eigenvalue weighted by molar-refractivity contribution is -0.149. The number of methoxy groups -OCH3 is 1. The lowest BCUT2D eigenvalue weighted by atomic mass is 9.95. The van der Waals surface area contributed by atoms with Gasteiger partial charge in [-0.1, -0.05) is 0 Å². The van der Waals surface area contributed by atoms with E-state index >= 15 is 0 Å². The zero-order valence-corrected chi connectivity index (χ0v) is 14.6. The van der Waals surface area contributed by atoms with Crippen LogP contribution in [0.2, 0.25) is 0 Å². The second-order valence-corrected chi connectivity index (χ2v) is 7.07. The molecule has 1 atom stereocenters. The molecular formula is C16H33N3O2. The highest BCUT2D eigenvalue weighted by Gasteiger charge is 2.36. The number of esters is 1. The molecule has 1 saturated heterocycles. The van der Waals surface area contributed by atoms with E-state index in [1.54, 1.807) is 0 Å². The molecule has 0 aliphatic carbocycles. The van der Waals surface area contributed by atoms with Crippen LogP contribution in [0.5, 0.6) is 0 Å². The van der Waals surface area contributed by atoms with E-state index < -0.39 is 5.54 Å². The molecule has 124 valence electrons. The summed E-state index contributed by atoms with van der Waals surface area (Å²) in [7, 11) is 5.74. The van der Waals surface area contributed by atoms with Gasteiger partial charge in [0.2, 0.25) is 0 Å². The van der Waals surface area contributed by atoms with Gasteiger partial charge in [0.25, 0.3) is 0 Å². The van der Waals surface area contributed by atoms with Gasteiger partial charge >= 0.3 is 5.97 Å². The summed E-state index contributed by atoms with van der Waals surface area (Å²) >= 11 is 0. The van der Waals surface area contributed by atoms with Gasteiger partial charge in [0, 0.05) is 19.1 Å².